The molecule has 1 aromatic heterocycles. The Kier molecular flexibility index (Phi) is 3.25. The molecular formula is C16H20N2O. The van der Waals surface area contributed by atoms with Crippen LogP contribution in [0.5, 0.6) is 0 Å². The Morgan fingerprint density at radius 3 is 2.95 bits per heavy atom. The molecule has 1 aliphatic heterocycles. The van der Waals surface area contributed by atoms with Crippen molar-refractivity contribution in [3.8, 4) is 0 Å². The Labute approximate surface area is 113 Å². The fourth-order valence-corrected chi connectivity index (χ4v) is 2.88. The molecule has 0 aliphatic carbocycles. The zero-order valence-corrected chi connectivity index (χ0v) is 11.3. The maximum Gasteiger partial charge on any atom is 0.0746 e. The third kappa shape index (κ3) is 2.94. The molecule has 3 rings (SSSR count). The zero-order valence-electron chi connectivity index (χ0n) is 11.3. The number of likely N-dealkylation sites (tertiary alicyclic amines) is 1. The number of hydrogen-bond donors (Lipinski definition) is 1. The molecule has 0 amide bonds. The van der Waals surface area contributed by atoms with Crippen molar-refractivity contribution in [1.29, 1.82) is 0 Å². The Balaban J connectivity index is 1.77. The third-order valence-corrected chi connectivity index (χ3v) is 3.80. The van der Waals surface area contributed by atoms with Crippen LogP contribution in [0.3, 0.4) is 0 Å². The van der Waals surface area contributed by atoms with E-state index in [0.717, 1.165) is 43.7 Å². The van der Waals surface area contributed by atoms with Crippen LogP contribution in [-0.2, 0) is 6.54 Å². The maximum absolute atomic E-state index is 10.1. The van der Waals surface area contributed by atoms with Gasteiger partial charge in [0.15, 0.2) is 0 Å². The number of hydrogen-bond acceptors (Lipinski definition) is 3. The summed E-state index contributed by atoms with van der Waals surface area (Å²) in [6.45, 7) is 4.53. The van der Waals surface area contributed by atoms with Crippen molar-refractivity contribution in [1.82, 2.24) is 9.88 Å². The molecule has 3 nitrogen and oxygen atoms in total. The van der Waals surface area contributed by atoms with Gasteiger partial charge in [0.2, 0.25) is 0 Å². The smallest absolute Gasteiger partial charge is 0.0746 e. The van der Waals surface area contributed by atoms with Crippen LogP contribution in [0.4, 0.5) is 0 Å². The lowest BCUT2D eigenvalue weighted by Crippen LogP contribution is -2.45. The summed E-state index contributed by atoms with van der Waals surface area (Å²) in [5, 5.41) is 11.3. The van der Waals surface area contributed by atoms with Crippen molar-refractivity contribution >= 4 is 10.9 Å². The average molecular weight is 256 g/mol. The number of fused-ring (bicyclic) bond motifs is 1. The highest BCUT2D eigenvalue weighted by atomic mass is 16.3. The molecule has 1 saturated heterocycles. The number of nitrogens with zero attached hydrogens (tertiary/aromatic N) is 2. The molecule has 0 radical (unpaired) electrons. The van der Waals surface area contributed by atoms with Gasteiger partial charge in [-0.25, -0.2) is 0 Å². The molecule has 1 aliphatic rings. The van der Waals surface area contributed by atoms with E-state index >= 15 is 0 Å². The van der Waals surface area contributed by atoms with Crippen LogP contribution in [0.1, 0.15) is 25.5 Å². The Hall–Kier alpha value is -1.45. The van der Waals surface area contributed by atoms with Crippen LogP contribution in [0.2, 0.25) is 0 Å². The van der Waals surface area contributed by atoms with Gasteiger partial charge in [0.25, 0.3) is 0 Å². The second-order valence-electron chi connectivity index (χ2n) is 5.81. The minimum absolute atomic E-state index is 0.547. The highest BCUT2D eigenvalue weighted by molar-refractivity contribution is 5.78. The molecule has 1 atom stereocenters. The van der Waals surface area contributed by atoms with Gasteiger partial charge in [-0.05, 0) is 38.4 Å². The van der Waals surface area contributed by atoms with E-state index in [1.165, 1.54) is 5.39 Å². The quantitative estimate of drug-likeness (QED) is 0.897. The molecule has 1 unspecified atom stereocenters. The lowest BCUT2D eigenvalue weighted by Gasteiger charge is -2.36. The van der Waals surface area contributed by atoms with Crippen molar-refractivity contribution in [3.63, 3.8) is 0 Å². The molecule has 1 fully saturated rings. The summed E-state index contributed by atoms with van der Waals surface area (Å²) in [7, 11) is 0. The summed E-state index contributed by atoms with van der Waals surface area (Å²) in [5.41, 5.74) is 1.58. The number of aliphatic hydroxyl groups is 1. The average Bonchev–Trinajstić information content (AvgIpc) is 2.37. The van der Waals surface area contributed by atoms with E-state index in [9.17, 15) is 5.11 Å². The number of para-hydroxylation sites is 1. The van der Waals surface area contributed by atoms with Crippen molar-refractivity contribution in [3.05, 3.63) is 42.1 Å². The van der Waals surface area contributed by atoms with Crippen molar-refractivity contribution in [2.45, 2.75) is 31.9 Å². The summed E-state index contributed by atoms with van der Waals surface area (Å²) in [6, 6.07) is 12.4. The van der Waals surface area contributed by atoms with E-state index in [4.69, 9.17) is 4.98 Å². The SMILES string of the molecule is CC1(O)CCCN(Cc2ccc3ccccc3n2)C1. The molecule has 2 aromatic rings. The van der Waals surface area contributed by atoms with E-state index in [2.05, 4.69) is 23.1 Å². The second-order valence-corrected chi connectivity index (χ2v) is 5.81. The van der Waals surface area contributed by atoms with E-state index in [1.807, 2.05) is 25.1 Å². The molecule has 1 N–H and O–H groups in total. The standard InChI is InChI=1S/C16H20N2O/c1-16(19)9-4-10-18(12-16)11-14-8-7-13-5-2-3-6-15(13)17-14/h2-3,5-8,19H,4,9-12H2,1H3. The van der Waals surface area contributed by atoms with Crippen LogP contribution in [-0.4, -0.2) is 33.7 Å². The van der Waals surface area contributed by atoms with Gasteiger partial charge in [0.1, 0.15) is 0 Å². The van der Waals surface area contributed by atoms with Gasteiger partial charge in [-0.3, -0.25) is 9.88 Å². The minimum atomic E-state index is -0.547. The summed E-state index contributed by atoms with van der Waals surface area (Å²) in [6.07, 6.45) is 1.95. The fourth-order valence-electron chi connectivity index (χ4n) is 2.88. The molecule has 0 saturated carbocycles. The lowest BCUT2D eigenvalue weighted by molar-refractivity contribution is -0.0184. The van der Waals surface area contributed by atoms with Crippen LogP contribution >= 0.6 is 0 Å². The summed E-state index contributed by atoms with van der Waals surface area (Å²) in [5.74, 6) is 0. The van der Waals surface area contributed by atoms with Gasteiger partial charge in [0.05, 0.1) is 16.8 Å². The first-order chi connectivity index (χ1) is 9.12. The molecular weight excluding hydrogens is 236 g/mol. The molecule has 1 aromatic carbocycles. The minimum Gasteiger partial charge on any atom is -0.389 e. The fraction of sp³-hybridized carbons (Fsp3) is 0.438. The molecule has 0 bridgehead atoms. The van der Waals surface area contributed by atoms with Gasteiger partial charge < -0.3 is 5.11 Å². The van der Waals surface area contributed by atoms with Crippen LogP contribution in [0.25, 0.3) is 10.9 Å². The number of piperidine rings is 1. The first kappa shape index (κ1) is 12.6. The van der Waals surface area contributed by atoms with Crippen molar-refractivity contribution in [2.24, 2.45) is 0 Å². The van der Waals surface area contributed by atoms with Crippen molar-refractivity contribution < 1.29 is 5.11 Å². The normalized spacial score (nSPS) is 24.7. The summed E-state index contributed by atoms with van der Waals surface area (Å²) in [4.78, 5) is 6.99. The third-order valence-electron chi connectivity index (χ3n) is 3.80. The molecule has 2 heterocycles. The topological polar surface area (TPSA) is 36.4 Å². The van der Waals surface area contributed by atoms with E-state index in [1.54, 1.807) is 0 Å². The van der Waals surface area contributed by atoms with Gasteiger partial charge >= 0.3 is 0 Å². The predicted molar refractivity (Wildman–Crippen MR) is 76.9 cm³/mol. The van der Waals surface area contributed by atoms with E-state index < -0.39 is 5.60 Å². The largest absolute Gasteiger partial charge is 0.389 e. The Morgan fingerprint density at radius 2 is 2.11 bits per heavy atom. The van der Waals surface area contributed by atoms with Crippen molar-refractivity contribution in [2.75, 3.05) is 13.1 Å². The van der Waals surface area contributed by atoms with Gasteiger partial charge in [0, 0.05) is 18.5 Å². The number of benzene rings is 1. The maximum atomic E-state index is 10.1. The predicted octanol–water partition coefficient (Wildman–Crippen LogP) is 2.58. The molecule has 19 heavy (non-hydrogen) atoms. The lowest BCUT2D eigenvalue weighted by atomic mass is 9.95. The molecule has 3 heteroatoms. The Morgan fingerprint density at radius 1 is 1.26 bits per heavy atom. The van der Waals surface area contributed by atoms with Gasteiger partial charge in [-0.2, -0.15) is 0 Å². The number of pyridine rings is 1. The first-order valence-corrected chi connectivity index (χ1v) is 6.92. The number of rotatable bonds is 2. The van der Waals surface area contributed by atoms with E-state index in [0.29, 0.717) is 0 Å². The van der Waals surface area contributed by atoms with Crippen LogP contribution in [0, 0.1) is 0 Å². The zero-order chi connectivity index (χ0) is 13.3. The summed E-state index contributed by atoms with van der Waals surface area (Å²) < 4.78 is 0. The molecule has 0 spiro atoms. The van der Waals surface area contributed by atoms with E-state index in [-0.39, 0.29) is 0 Å². The monoisotopic (exact) mass is 256 g/mol. The Bertz CT molecular complexity index is 580. The second kappa shape index (κ2) is 4.91. The highest BCUT2D eigenvalue weighted by Gasteiger charge is 2.28. The molecule has 100 valence electrons. The summed E-state index contributed by atoms with van der Waals surface area (Å²) >= 11 is 0. The van der Waals surface area contributed by atoms with Gasteiger partial charge in [-0.15, -0.1) is 0 Å². The van der Waals surface area contributed by atoms with Gasteiger partial charge in [-0.1, -0.05) is 24.3 Å². The number of β-amino-alcohol motifs (C(OH)–C–C–N with tert-alkyl or cyclic N) is 1. The first-order valence-electron chi connectivity index (χ1n) is 6.92. The highest BCUT2D eigenvalue weighted by Crippen LogP contribution is 2.22. The number of aromatic nitrogens is 1. The van der Waals surface area contributed by atoms with Crippen LogP contribution in [0.15, 0.2) is 36.4 Å². The van der Waals surface area contributed by atoms with Crippen LogP contribution < -0.4 is 0 Å².